The van der Waals surface area contributed by atoms with Crippen molar-refractivity contribution >= 4 is 61.8 Å². The molecule has 2 aromatic rings. The molecule has 30 heavy (non-hydrogen) atoms. The molecule has 0 bridgehead atoms. The lowest BCUT2D eigenvalue weighted by Gasteiger charge is -2.26. The van der Waals surface area contributed by atoms with Crippen LogP contribution in [-0.2, 0) is 4.79 Å². The number of hydrogen-bond acceptors (Lipinski definition) is 5. The van der Waals surface area contributed by atoms with Gasteiger partial charge in [0.25, 0.3) is 0 Å². The molecule has 0 radical (unpaired) electrons. The highest BCUT2D eigenvalue weighted by atomic mass is 79.9. The van der Waals surface area contributed by atoms with Gasteiger partial charge >= 0.3 is 12.0 Å². The number of halogens is 1. The predicted octanol–water partition coefficient (Wildman–Crippen LogP) is 6.40. The zero-order chi connectivity index (χ0) is 21.9. The lowest BCUT2D eigenvalue weighted by Crippen LogP contribution is -2.38. The molecule has 0 atom stereocenters. The van der Waals surface area contributed by atoms with Crippen molar-refractivity contribution in [3.8, 4) is 0 Å². The average molecular weight is 512 g/mol. The van der Waals surface area contributed by atoms with Crippen molar-refractivity contribution in [3.63, 3.8) is 0 Å². The fraction of sp³-hybridized carbons (Fsp3) is 0.476. The topological polar surface area (TPSA) is 82.5 Å². The minimum atomic E-state index is -0.961. The maximum absolute atomic E-state index is 13.2. The van der Waals surface area contributed by atoms with E-state index in [1.807, 2.05) is 25.1 Å². The third-order valence-corrected chi connectivity index (χ3v) is 8.27. The Morgan fingerprint density at radius 3 is 2.70 bits per heavy atom. The molecule has 0 aliphatic heterocycles. The Kier molecular flexibility index (Phi) is 7.47. The summed E-state index contributed by atoms with van der Waals surface area (Å²) in [4.78, 5) is 30.6. The summed E-state index contributed by atoms with van der Waals surface area (Å²) in [5.41, 5.74) is 1.93. The van der Waals surface area contributed by atoms with Crippen molar-refractivity contribution < 1.29 is 14.7 Å². The first-order valence-electron chi connectivity index (χ1n) is 9.88. The van der Waals surface area contributed by atoms with E-state index in [1.165, 1.54) is 35.9 Å². The number of aromatic nitrogens is 1. The SMILES string of the molecule is Cc1cc(N(CC2CCCC2)C(=O)Nc2ncc(SC(C)(C)C(=O)O)s2)ccc1Br. The number of benzene rings is 1. The van der Waals surface area contributed by atoms with Crippen LogP contribution in [0.4, 0.5) is 15.6 Å². The number of urea groups is 1. The van der Waals surface area contributed by atoms with E-state index >= 15 is 0 Å². The maximum Gasteiger partial charge on any atom is 0.328 e. The number of thiazole rings is 1. The predicted molar refractivity (Wildman–Crippen MR) is 127 cm³/mol. The summed E-state index contributed by atoms with van der Waals surface area (Å²) in [6.45, 7) is 5.98. The minimum Gasteiger partial charge on any atom is -0.480 e. The van der Waals surface area contributed by atoms with Gasteiger partial charge in [0.15, 0.2) is 5.13 Å². The van der Waals surface area contributed by atoms with Crippen LogP contribution in [0.15, 0.2) is 33.1 Å². The number of aryl methyl sites for hydroxylation is 1. The summed E-state index contributed by atoms with van der Waals surface area (Å²) >= 11 is 6.03. The summed E-state index contributed by atoms with van der Waals surface area (Å²) in [5, 5.41) is 12.7. The van der Waals surface area contributed by atoms with Gasteiger partial charge in [-0.25, -0.2) is 9.78 Å². The van der Waals surface area contributed by atoms with Crippen LogP contribution >= 0.6 is 39.0 Å². The highest BCUT2D eigenvalue weighted by Crippen LogP contribution is 2.38. The number of amides is 2. The number of hydrogen-bond donors (Lipinski definition) is 2. The molecule has 162 valence electrons. The van der Waals surface area contributed by atoms with Crippen molar-refractivity contribution in [2.45, 2.75) is 55.4 Å². The Hall–Kier alpha value is -1.58. The summed E-state index contributed by atoms with van der Waals surface area (Å²) in [6.07, 6.45) is 6.32. The molecular weight excluding hydrogens is 486 g/mol. The van der Waals surface area contributed by atoms with Crippen LogP contribution < -0.4 is 10.2 Å². The first-order chi connectivity index (χ1) is 14.2. The first kappa shape index (κ1) is 23.1. The number of anilines is 2. The van der Waals surface area contributed by atoms with Gasteiger partial charge in [-0.15, -0.1) is 0 Å². The van der Waals surface area contributed by atoms with Crippen LogP contribution in [0.2, 0.25) is 0 Å². The summed E-state index contributed by atoms with van der Waals surface area (Å²) in [6, 6.07) is 5.71. The fourth-order valence-corrected chi connectivity index (χ4v) is 5.88. The van der Waals surface area contributed by atoms with Crippen molar-refractivity contribution in [3.05, 3.63) is 34.4 Å². The van der Waals surface area contributed by atoms with Crippen LogP contribution in [0.25, 0.3) is 0 Å². The van der Waals surface area contributed by atoms with Crippen molar-refractivity contribution in [1.82, 2.24) is 4.98 Å². The second kappa shape index (κ2) is 9.70. The van der Waals surface area contributed by atoms with Gasteiger partial charge in [0.2, 0.25) is 0 Å². The number of carbonyl (C=O) groups excluding carboxylic acids is 1. The molecular formula is C21H26BrN3O3S2. The van der Waals surface area contributed by atoms with E-state index in [0.29, 0.717) is 17.6 Å². The van der Waals surface area contributed by atoms with E-state index in [-0.39, 0.29) is 6.03 Å². The van der Waals surface area contributed by atoms with Gasteiger partial charge in [0.05, 0.1) is 10.4 Å². The van der Waals surface area contributed by atoms with Gasteiger partial charge in [-0.3, -0.25) is 15.0 Å². The summed E-state index contributed by atoms with van der Waals surface area (Å²) in [7, 11) is 0. The third-order valence-electron chi connectivity index (χ3n) is 5.18. The van der Waals surface area contributed by atoms with Gasteiger partial charge in [0, 0.05) is 16.7 Å². The molecule has 0 saturated heterocycles. The van der Waals surface area contributed by atoms with Crippen LogP contribution in [0.3, 0.4) is 0 Å². The molecule has 1 heterocycles. The molecule has 3 rings (SSSR count). The molecule has 6 nitrogen and oxygen atoms in total. The lowest BCUT2D eigenvalue weighted by molar-refractivity contribution is -0.138. The monoisotopic (exact) mass is 511 g/mol. The van der Waals surface area contributed by atoms with Gasteiger partial charge in [-0.2, -0.15) is 0 Å². The zero-order valence-electron chi connectivity index (χ0n) is 17.3. The number of carboxylic acid groups (broad SMARTS) is 1. The number of thioether (sulfide) groups is 1. The normalized spacial score (nSPS) is 14.7. The van der Waals surface area contributed by atoms with Gasteiger partial charge < -0.3 is 5.11 Å². The lowest BCUT2D eigenvalue weighted by atomic mass is 10.1. The molecule has 0 spiro atoms. The number of carbonyl (C=O) groups is 2. The molecule has 2 N–H and O–H groups in total. The number of aliphatic carboxylic acids is 1. The highest BCUT2D eigenvalue weighted by Gasteiger charge is 2.30. The van der Waals surface area contributed by atoms with Crippen molar-refractivity contribution in [2.75, 3.05) is 16.8 Å². The van der Waals surface area contributed by atoms with Crippen LogP contribution in [0.1, 0.15) is 45.1 Å². The second-order valence-electron chi connectivity index (χ2n) is 8.03. The summed E-state index contributed by atoms with van der Waals surface area (Å²) in [5.74, 6) is -0.390. The Morgan fingerprint density at radius 2 is 2.07 bits per heavy atom. The first-order valence-corrected chi connectivity index (χ1v) is 12.3. The van der Waals surface area contributed by atoms with E-state index in [0.717, 1.165) is 32.8 Å². The molecule has 0 unspecified atom stereocenters. The van der Waals surface area contributed by atoms with Crippen LogP contribution in [0.5, 0.6) is 0 Å². The maximum atomic E-state index is 13.2. The van der Waals surface area contributed by atoms with Gasteiger partial charge in [-0.05, 0) is 63.3 Å². The number of nitrogens with one attached hydrogen (secondary N) is 1. The van der Waals surface area contributed by atoms with Crippen LogP contribution in [-0.4, -0.2) is 33.4 Å². The van der Waals surface area contributed by atoms with Gasteiger partial charge in [-0.1, -0.05) is 51.9 Å². The average Bonchev–Trinajstić information content (AvgIpc) is 3.33. The molecule has 1 saturated carbocycles. The largest absolute Gasteiger partial charge is 0.480 e. The smallest absolute Gasteiger partial charge is 0.328 e. The van der Waals surface area contributed by atoms with E-state index in [1.54, 1.807) is 24.9 Å². The van der Waals surface area contributed by atoms with E-state index in [4.69, 9.17) is 0 Å². The Labute approximate surface area is 193 Å². The summed E-state index contributed by atoms with van der Waals surface area (Å²) < 4.78 is 0.798. The molecule has 1 fully saturated rings. The molecule has 1 aliphatic carbocycles. The zero-order valence-corrected chi connectivity index (χ0v) is 20.5. The highest BCUT2D eigenvalue weighted by molar-refractivity contribution is 9.10. The van der Waals surface area contributed by atoms with Crippen molar-refractivity contribution in [1.29, 1.82) is 0 Å². The fourth-order valence-electron chi connectivity index (χ4n) is 3.37. The Morgan fingerprint density at radius 1 is 1.37 bits per heavy atom. The Balaban J connectivity index is 1.76. The van der Waals surface area contributed by atoms with Gasteiger partial charge in [0.1, 0.15) is 4.75 Å². The number of rotatable bonds is 7. The standard InChI is InChI=1S/C21H26BrN3O3S2/c1-13-10-15(8-9-16(13)22)25(12-14-6-4-5-7-14)20(28)24-19-23-11-17(29-19)30-21(2,3)18(26)27/h8-11,14H,4-7,12H2,1-3H3,(H,26,27)(H,23,24,28). The number of nitrogens with zero attached hydrogens (tertiary/aromatic N) is 2. The molecule has 1 aromatic heterocycles. The molecule has 1 aromatic carbocycles. The van der Waals surface area contributed by atoms with E-state index in [9.17, 15) is 14.7 Å². The molecule has 9 heteroatoms. The molecule has 2 amide bonds. The van der Waals surface area contributed by atoms with Crippen LogP contribution in [0, 0.1) is 12.8 Å². The van der Waals surface area contributed by atoms with E-state index in [2.05, 4.69) is 26.2 Å². The van der Waals surface area contributed by atoms with Crippen molar-refractivity contribution in [2.24, 2.45) is 5.92 Å². The second-order valence-corrected chi connectivity index (χ2v) is 11.8. The quantitative estimate of drug-likeness (QED) is 0.420. The van der Waals surface area contributed by atoms with E-state index < -0.39 is 10.7 Å². The number of carboxylic acids is 1. The third kappa shape index (κ3) is 5.76. The Bertz CT molecular complexity index is 926. The minimum absolute atomic E-state index is 0.216. The molecule has 1 aliphatic rings.